The predicted molar refractivity (Wildman–Crippen MR) is 92.1 cm³/mol. The van der Waals surface area contributed by atoms with Gasteiger partial charge >= 0.3 is 6.09 Å². The van der Waals surface area contributed by atoms with Crippen LogP contribution in [-0.4, -0.2) is 22.0 Å². The summed E-state index contributed by atoms with van der Waals surface area (Å²) in [6.45, 7) is 5.32. The van der Waals surface area contributed by atoms with Crippen molar-refractivity contribution < 1.29 is 14.3 Å². The van der Waals surface area contributed by atoms with E-state index in [0.717, 1.165) is 8.95 Å². The van der Waals surface area contributed by atoms with E-state index in [0.29, 0.717) is 10.9 Å². The first-order valence-electron chi connectivity index (χ1n) is 6.38. The van der Waals surface area contributed by atoms with Crippen molar-refractivity contribution in [2.24, 2.45) is 0 Å². The number of aromatic nitrogens is 1. The second-order valence-electron chi connectivity index (χ2n) is 5.65. The van der Waals surface area contributed by atoms with Gasteiger partial charge in [0.2, 0.25) is 5.78 Å². The lowest BCUT2D eigenvalue weighted by Gasteiger charge is -2.19. The lowest BCUT2D eigenvalue weighted by molar-refractivity contribution is 0.0544. The molecule has 0 unspecified atom stereocenters. The van der Waals surface area contributed by atoms with Crippen LogP contribution in [0.4, 0.5) is 4.79 Å². The van der Waals surface area contributed by atoms with Gasteiger partial charge in [-0.05, 0) is 70.7 Å². The van der Waals surface area contributed by atoms with Gasteiger partial charge in [0, 0.05) is 20.5 Å². The Bertz CT molecular complexity index is 822. The van der Waals surface area contributed by atoms with Gasteiger partial charge in [-0.15, -0.1) is 6.42 Å². The fraction of sp³-hybridized carbons (Fsp3) is 0.250. The van der Waals surface area contributed by atoms with Crippen molar-refractivity contribution in [1.82, 2.24) is 4.57 Å². The molecule has 0 aliphatic carbocycles. The van der Waals surface area contributed by atoms with E-state index < -0.39 is 17.5 Å². The average molecular weight is 427 g/mol. The Labute approximate surface area is 145 Å². The molecule has 0 radical (unpaired) electrons. The summed E-state index contributed by atoms with van der Waals surface area (Å²) in [5.41, 5.74) is 0.191. The van der Waals surface area contributed by atoms with Gasteiger partial charge in [-0.3, -0.25) is 9.36 Å². The quantitative estimate of drug-likeness (QED) is 0.375. The lowest BCUT2D eigenvalue weighted by Crippen LogP contribution is -2.26. The van der Waals surface area contributed by atoms with Crippen LogP contribution in [0.2, 0.25) is 0 Å². The van der Waals surface area contributed by atoms with Gasteiger partial charge in [0.1, 0.15) is 5.60 Å². The molecular weight excluding hydrogens is 414 g/mol. The molecule has 2 aromatic rings. The molecule has 0 amide bonds. The second-order valence-corrected chi connectivity index (χ2v) is 7.36. The number of halogens is 2. The minimum atomic E-state index is -0.642. The number of carbonyl (C=O) groups excluding carboxylic acids is 2. The largest absolute Gasteiger partial charge is 0.443 e. The number of hydrogen-bond donors (Lipinski definition) is 0. The van der Waals surface area contributed by atoms with Crippen molar-refractivity contribution >= 4 is 54.6 Å². The van der Waals surface area contributed by atoms with Crippen LogP contribution >= 0.6 is 31.9 Å². The summed E-state index contributed by atoms with van der Waals surface area (Å²) in [5, 5.41) is 0.587. The topological polar surface area (TPSA) is 48.3 Å². The van der Waals surface area contributed by atoms with Crippen LogP contribution in [0.5, 0.6) is 0 Å². The average Bonchev–Trinajstić information content (AvgIpc) is 2.75. The maximum Gasteiger partial charge on any atom is 0.419 e. The number of terminal acetylenes is 1. The van der Waals surface area contributed by atoms with Gasteiger partial charge in [-0.1, -0.05) is 0 Å². The van der Waals surface area contributed by atoms with Crippen LogP contribution in [0.1, 0.15) is 31.1 Å². The van der Waals surface area contributed by atoms with Gasteiger partial charge < -0.3 is 4.74 Å². The first-order chi connectivity index (χ1) is 10.1. The maximum absolute atomic E-state index is 12.3. The normalized spacial score (nSPS) is 11.3. The maximum atomic E-state index is 12.3. The molecule has 0 aliphatic heterocycles. The minimum absolute atomic E-state index is 0.288. The second kappa shape index (κ2) is 5.90. The SMILES string of the molecule is C#CC(=O)c1cn(C(=O)OC(C)(C)C)c2cc(Br)c(Br)cc12. The molecule has 22 heavy (non-hydrogen) atoms. The summed E-state index contributed by atoms with van der Waals surface area (Å²) in [6.07, 6.45) is 6.05. The van der Waals surface area contributed by atoms with Gasteiger partial charge in [0.25, 0.3) is 0 Å². The monoisotopic (exact) mass is 425 g/mol. The van der Waals surface area contributed by atoms with Gasteiger partial charge in [0.15, 0.2) is 0 Å². The van der Waals surface area contributed by atoms with Crippen LogP contribution in [0.15, 0.2) is 27.3 Å². The van der Waals surface area contributed by atoms with E-state index in [4.69, 9.17) is 11.2 Å². The summed E-state index contributed by atoms with van der Waals surface area (Å²) in [5.74, 6) is 1.59. The molecule has 114 valence electrons. The number of rotatable bonds is 1. The molecule has 0 fully saturated rings. The summed E-state index contributed by atoms with van der Waals surface area (Å²) in [4.78, 5) is 24.3. The standard InChI is InChI=1S/C16H13Br2NO3/c1-5-14(20)10-8-19(15(21)22-16(2,3)4)13-7-12(18)11(17)6-9(10)13/h1,6-8H,2-4H3. The Morgan fingerprint density at radius 3 is 2.36 bits per heavy atom. The van der Waals surface area contributed by atoms with Gasteiger partial charge in [-0.2, -0.15) is 0 Å². The van der Waals surface area contributed by atoms with E-state index in [1.54, 1.807) is 32.9 Å². The van der Waals surface area contributed by atoms with Crippen LogP contribution in [0.3, 0.4) is 0 Å². The van der Waals surface area contributed by atoms with E-state index in [2.05, 4.69) is 37.8 Å². The molecule has 0 spiro atoms. The first-order valence-corrected chi connectivity index (χ1v) is 7.97. The lowest BCUT2D eigenvalue weighted by atomic mass is 10.1. The fourth-order valence-electron chi connectivity index (χ4n) is 1.94. The molecule has 0 bridgehead atoms. The van der Waals surface area contributed by atoms with Crippen molar-refractivity contribution in [2.45, 2.75) is 26.4 Å². The Morgan fingerprint density at radius 2 is 1.82 bits per heavy atom. The molecule has 6 heteroatoms. The molecule has 4 nitrogen and oxygen atoms in total. The number of benzene rings is 1. The summed E-state index contributed by atoms with van der Waals surface area (Å²) >= 11 is 6.77. The van der Waals surface area contributed by atoms with Crippen molar-refractivity contribution in [3.63, 3.8) is 0 Å². The van der Waals surface area contributed by atoms with E-state index in [9.17, 15) is 9.59 Å². The fourth-order valence-corrected chi connectivity index (χ4v) is 2.62. The van der Waals surface area contributed by atoms with Gasteiger partial charge in [0.05, 0.1) is 11.1 Å². The molecule has 0 aliphatic rings. The number of ether oxygens (including phenoxy) is 1. The molecular formula is C16H13Br2NO3. The third-order valence-electron chi connectivity index (χ3n) is 2.81. The Hall–Kier alpha value is -1.58. The van der Waals surface area contributed by atoms with E-state index in [1.807, 2.05) is 0 Å². The van der Waals surface area contributed by atoms with Crippen LogP contribution in [0.25, 0.3) is 10.9 Å². The summed E-state index contributed by atoms with van der Waals surface area (Å²) in [7, 11) is 0. The Kier molecular flexibility index (Phi) is 4.50. The van der Waals surface area contributed by atoms with Crippen molar-refractivity contribution in [2.75, 3.05) is 0 Å². The molecule has 1 aromatic carbocycles. The molecule has 0 saturated heterocycles. The van der Waals surface area contributed by atoms with Crippen LogP contribution in [-0.2, 0) is 4.74 Å². The highest BCUT2D eigenvalue weighted by molar-refractivity contribution is 9.13. The third kappa shape index (κ3) is 3.26. The Morgan fingerprint density at radius 1 is 1.23 bits per heavy atom. The van der Waals surface area contributed by atoms with Crippen LogP contribution in [0, 0.1) is 12.3 Å². The number of hydrogen-bond acceptors (Lipinski definition) is 3. The zero-order valence-electron chi connectivity index (χ0n) is 12.2. The Balaban J connectivity index is 2.70. The predicted octanol–water partition coefficient (Wildman–Crippen LogP) is 4.77. The number of Topliss-reactive ketones (excluding diaryl/α,β-unsaturated/α-hetero) is 1. The summed E-state index contributed by atoms with van der Waals surface area (Å²) < 4.78 is 8.17. The van der Waals surface area contributed by atoms with Gasteiger partial charge in [-0.25, -0.2) is 4.79 Å². The molecule has 1 heterocycles. The smallest absolute Gasteiger partial charge is 0.419 e. The highest BCUT2D eigenvalue weighted by Gasteiger charge is 2.23. The number of ketones is 1. The molecule has 0 N–H and O–H groups in total. The molecule has 2 rings (SSSR count). The molecule has 1 aromatic heterocycles. The highest BCUT2D eigenvalue weighted by Crippen LogP contribution is 2.32. The van der Waals surface area contributed by atoms with Crippen molar-refractivity contribution in [3.05, 3.63) is 32.8 Å². The van der Waals surface area contributed by atoms with E-state index in [-0.39, 0.29) is 5.56 Å². The van der Waals surface area contributed by atoms with Crippen molar-refractivity contribution in [3.8, 4) is 12.3 Å². The zero-order valence-corrected chi connectivity index (χ0v) is 15.4. The molecule has 0 saturated carbocycles. The van der Waals surface area contributed by atoms with E-state index >= 15 is 0 Å². The summed E-state index contributed by atoms with van der Waals surface area (Å²) in [6, 6.07) is 3.47. The highest BCUT2D eigenvalue weighted by atomic mass is 79.9. The van der Waals surface area contributed by atoms with Crippen molar-refractivity contribution in [1.29, 1.82) is 0 Å². The number of fused-ring (bicyclic) bond motifs is 1. The zero-order chi connectivity index (χ0) is 16.7. The molecule has 0 atom stereocenters. The van der Waals surface area contributed by atoms with E-state index in [1.165, 1.54) is 10.8 Å². The van der Waals surface area contributed by atoms with Crippen LogP contribution < -0.4 is 0 Å². The number of nitrogens with zero attached hydrogens (tertiary/aromatic N) is 1. The third-order valence-corrected chi connectivity index (χ3v) is 4.66. The minimum Gasteiger partial charge on any atom is -0.443 e. The first kappa shape index (κ1) is 16.8. The number of carbonyl (C=O) groups is 2.